The van der Waals surface area contributed by atoms with Gasteiger partial charge in [0.25, 0.3) is 0 Å². The molecule has 0 amide bonds. The van der Waals surface area contributed by atoms with Crippen LogP contribution in [-0.4, -0.2) is 48.9 Å². The topological polar surface area (TPSA) is 67.8 Å². The summed E-state index contributed by atoms with van der Waals surface area (Å²) >= 11 is 1.65. The molecule has 1 saturated heterocycles. The van der Waals surface area contributed by atoms with Crippen molar-refractivity contribution in [3.05, 3.63) is 28.8 Å². The number of thioether (sulfide) groups is 1. The second kappa shape index (κ2) is 9.16. The van der Waals surface area contributed by atoms with E-state index in [1.807, 2.05) is 12.1 Å². The highest BCUT2D eigenvalue weighted by molar-refractivity contribution is 8.00. The van der Waals surface area contributed by atoms with Crippen molar-refractivity contribution < 1.29 is 19.4 Å². The molecule has 0 radical (unpaired) electrons. The predicted molar refractivity (Wildman–Crippen MR) is 115 cm³/mol. The minimum atomic E-state index is -0.744. The summed E-state index contributed by atoms with van der Waals surface area (Å²) in [7, 11) is 1.61. The summed E-state index contributed by atoms with van der Waals surface area (Å²) in [5.74, 6) is 1.69. The average molecular weight is 410 g/mol. The zero-order valence-corrected chi connectivity index (χ0v) is 19.0. The molecule has 0 spiro atoms. The van der Waals surface area contributed by atoms with Crippen molar-refractivity contribution in [1.82, 2.24) is 5.32 Å². The predicted octanol–water partition coefficient (Wildman–Crippen LogP) is 3.57. The van der Waals surface area contributed by atoms with E-state index in [1.165, 1.54) is 0 Å². The van der Waals surface area contributed by atoms with E-state index in [-0.39, 0.29) is 28.9 Å². The van der Waals surface area contributed by atoms with Crippen LogP contribution in [0, 0.1) is 0 Å². The molecule has 1 aliphatic rings. The van der Waals surface area contributed by atoms with Crippen LogP contribution in [0.15, 0.2) is 12.1 Å². The maximum atomic E-state index is 11.5. The van der Waals surface area contributed by atoms with Crippen molar-refractivity contribution >= 4 is 18.0 Å². The quantitative estimate of drug-likeness (QED) is 0.553. The number of nitrogens with one attached hydrogen (secondary N) is 1. The minimum Gasteiger partial charge on any atom is -0.467 e. The van der Waals surface area contributed by atoms with Gasteiger partial charge in [-0.2, -0.15) is 11.8 Å². The first-order valence-corrected chi connectivity index (χ1v) is 10.8. The van der Waals surface area contributed by atoms with Gasteiger partial charge in [0.2, 0.25) is 0 Å². The Hall–Kier alpha value is -1.08. The molecule has 2 rings (SSSR count). The number of ether oxygens (including phenoxy) is 2. The van der Waals surface area contributed by atoms with Crippen LogP contribution in [0.5, 0.6) is 5.75 Å². The molecular formula is C22H35NO4S. The van der Waals surface area contributed by atoms with Gasteiger partial charge in [0.1, 0.15) is 12.0 Å². The highest BCUT2D eigenvalue weighted by Gasteiger charge is 2.35. The molecule has 158 valence electrons. The van der Waals surface area contributed by atoms with Gasteiger partial charge in [-0.25, -0.2) is 0 Å². The van der Waals surface area contributed by atoms with Crippen LogP contribution < -0.4 is 10.1 Å². The second-order valence-electron chi connectivity index (χ2n) is 9.39. The van der Waals surface area contributed by atoms with Gasteiger partial charge in [0.05, 0.1) is 17.4 Å². The van der Waals surface area contributed by atoms with Crippen LogP contribution in [0.3, 0.4) is 0 Å². The fourth-order valence-corrected chi connectivity index (χ4v) is 4.67. The maximum Gasteiger partial charge on any atom is 0.188 e. The first-order valence-electron chi connectivity index (χ1n) is 9.79. The first-order chi connectivity index (χ1) is 13.0. The molecule has 2 N–H and O–H groups in total. The first kappa shape index (κ1) is 23.2. The largest absolute Gasteiger partial charge is 0.467 e. The lowest BCUT2D eigenvalue weighted by atomic mass is 9.77. The van der Waals surface area contributed by atoms with Gasteiger partial charge >= 0.3 is 0 Å². The van der Waals surface area contributed by atoms with Crippen LogP contribution in [0.4, 0.5) is 0 Å². The summed E-state index contributed by atoms with van der Waals surface area (Å²) in [6, 6.07) is 3.71. The smallest absolute Gasteiger partial charge is 0.188 e. The van der Waals surface area contributed by atoms with Gasteiger partial charge in [0, 0.05) is 30.5 Å². The molecule has 1 fully saturated rings. The van der Waals surface area contributed by atoms with Crippen LogP contribution in [0.25, 0.3) is 0 Å². The monoisotopic (exact) mass is 409 g/mol. The minimum absolute atomic E-state index is 0.170. The van der Waals surface area contributed by atoms with Crippen molar-refractivity contribution in [2.24, 2.45) is 0 Å². The summed E-state index contributed by atoms with van der Waals surface area (Å²) in [6.07, 6.45) is 0.164. The van der Waals surface area contributed by atoms with Crippen LogP contribution >= 0.6 is 11.8 Å². The number of rotatable bonds is 6. The van der Waals surface area contributed by atoms with E-state index in [4.69, 9.17) is 9.47 Å². The number of aliphatic hydroxyl groups is 1. The Morgan fingerprint density at radius 3 is 2.25 bits per heavy atom. The van der Waals surface area contributed by atoms with Crippen molar-refractivity contribution in [2.45, 2.75) is 69.8 Å². The molecular weight excluding hydrogens is 374 g/mol. The van der Waals surface area contributed by atoms with E-state index in [0.29, 0.717) is 0 Å². The number of aldehydes is 1. The molecule has 5 nitrogen and oxygen atoms in total. The van der Waals surface area contributed by atoms with Crippen LogP contribution in [0.2, 0.25) is 0 Å². The van der Waals surface area contributed by atoms with Gasteiger partial charge in [-0.3, -0.25) is 0 Å². The van der Waals surface area contributed by atoms with E-state index >= 15 is 0 Å². The Labute approximate surface area is 173 Å². The molecule has 6 heteroatoms. The Morgan fingerprint density at radius 2 is 1.79 bits per heavy atom. The molecule has 0 saturated carbocycles. The molecule has 1 aliphatic heterocycles. The normalized spacial score (nSPS) is 22.0. The zero-order chi connectivity index (χ0) is 21.1. The van der Waals surface area contributed by atoms with Crippen molar-refractivity contribution in [2.75, 3.05) is 26.2 Å². The molecule has 0 aliphatic carbocycles. The lowest BCUT2D eigenvalue weighted by Crippen LogP contribution is -2.47. The van der Waals surface area contributed by atoms with E-state index in [1.54, 1.807) is 18.9 Å². The standard InChI is InChI=1S/C22H35NO4S/c1-21(2,3)15-10-14(18(25)20-17(12-24)23-8-9-28-20)11-16(22(4,5)6)19(15)27-13-26-7/h10-12,17-18,20,23,25H,8-9,13H2,1-7H3. The summed E-state index contributed by atoms with van der Waals surface area (Å²) in [5, 5.41) is 14.2. The van der Waals surface area contributed by atoms with Gasteiger partial charge in [-0.1, -0.05) is 41.5 Å². The van der Waals surface area contributed by atoms with Crippen LogP contribution in [-0.2, 0) is 20.4 Å². The second-order valence-corrected chi connectivity index (χ2v) is 10.7. The van der Waals surface area contributed by atoms with E-state index in [9.17, 15) is 9.90 Å². The van der Waals surface area contributed by atoms with Crippen LogP contribution in [0.1, 0.15) is 64.3 Å². The Bertz CT molecular complexity index is 643. The van der Waals surface area contributed by atoms with Gasteiger partial charge in [-0.15, -0.1) is 0 Å². The number of hydrogen-bond acceptors (Lipinski definition) is 6. The third-order valence-electron chi connectivity index (χ3n) is 4.99. The Kier molecular flexibility index (Phi) is 7.59. The van der Waals surface area contributed by atoms with Gasteiger partial charge < -0.3 is 24.7 Å². The molecule has 1 heterocycles. The molecule has 3 unspecified atom stereocenters. The number of hydrogen-bond donors (Lipinski definition) is 2. The summed E-state index contributed by atoms with van der Waals surface area (Å²) in [5.41, 5.74) is 2.53. The van der Waals surface area contributed by atoms with E-state index < -0.39 is 6.10 Å². The van der Waals surface area contributed by atoms with Crippen molar-refractivity contribution in [3.63, 3.8) is 0 Å². The average Bonchev–Trinajstić information content (AvgIpc) is 2.63. The molecule has 1 aromatic rings. The molecule has 1 aromatic carbocycles. The third-order valence-corrected chi connectivity index (χ3v) is 6.37. The third kappa shape index (κ3) is 5.29. The number of aliphatic hydroxyl groups excluding tert-OH is 1. The highest BCUT2D eigenvalue weighted by Crippen LogP contribution is 2.43. The fourth-order valence-electron chi connectivity index (χ4n) is 3.45. The number of methoxy groups -OCH3 is 1. The van der Waals surface area contributed by atoms with Gasteiger partial charge in [0.15, 0.2) is 6.79 Å². The Morgan fingerprint density at radius 1 is 1.21 bits per heavy atom. The lowest BCUT2D eigenvalue weighted by Gasteiger charge is -2.35. The van der Waals surface area contributed by atoms with Crippen molar-refractivity contribution in [3.8, 4) is 5.75 Å². The molecule has 0 bridgehead atoms. The summed E-state index contributed by atoms with van der Waals surface area (Å²) in [6.45, 7) is 13.8. The van der Waals surface area contributed by atoms with Gasteiger partial charge in [-0.05, 0) is 28.5 Å². The molecule has 28 heavy (non-hydrogen) atoms. The lowest BCUT2D eigenvalue weighted by molar-refractivity contribution is -0.110. The van der Waals surface area contributed by atoms with E-state index in [0.717, 1.165) is 41.0 Å². The number of carbonyl (C=O) groups is 1. The number of benzene rings is 1. The maximum absolute atomic E-state index is 11.5. The van der Waals surface area contributed by atoms with E-state index in [2.05, 4.69) is 46.9 Å². The SMILES string of the molecule is COCOc1c(C(C)(C)C)cc(C(O)C2SCCNC2C=O)cc1C(C)(C)C. The summed E-state index contributed by atoms with van der Waals surface area (Å²) < 4.78 is 11.2. The molecule has 3 atom stereocenters. The molecule has 0 aromatic heterocycles. The summed E-state index contributed by atoms with van der Waals surface area (Å²) in [4.78, 5) is 11.5. The Balaban J connectivity index is 2.60. The number of carbonyl (C=O) groups excluding carboxylic acids is 1. The fraction of sp³-hybridized carbons (Fsp3) is 0.682. The highest BCUT2D eigenvalue weighted by atomic mass is 32.2. The van der Waals surface area contributed by atoms with Crippen molar-refractivity contribution in [1.29, 1.82) is 0 Å². The zero-order valence-electron chi connectivity index (χ0n) is 18.2.